The van der Waals surface area contributed by atoms with Crippen LogP contribution in [0.4, 0.5) is 5.69 Å². The maximum absolute atomic E-state index is 12.2. The Morgan fingerprint density at radius 3 is 2.61 bits per heavy atom. The van der Waals surface area contributed by atoms with Crippen LogP contribution in [0.25, 0.3) is 16.3 Å². The minimum Gasteiger partial charge on any atom is -0.347 e. The van der Waals surface area contributed by atoms with Gasteiger partial charge in [0.1, 0.15) is 0 Å². The molecule has 2 heterocycles. The van der Waals surface area contributed by atoms with Crippen molar-refractivity contribution in [2.75, 3.05) is 11.9 Å². The van der Waals surface area contributed by atoms with Gasteiger partial charge in [0.15, 0.2) is 5.82 Å². The second-order valence-electron chi connectivity index (χ2n) is 7.50. The zero-order valence-corrected chi connectivity index (χ0v) is 18.4. The van der Waals surface area contributed by atoms with Gasteiger partial charge in [-0.05, 0) is 38.5 Å². The minimum absolute atomic E-state index is 0.324. The Morgan fingerprint density at radius 1 is 1.03 bits per heavy atom. The first kappa shape index (κ1) is 20.7. The highest BCUT2D eigenvalue weighted by atomic mass is 32.1. The summed E-state index contributed by atoms with van der Waals surface area (Å²) >= 11 is 1.50. The number of anilines is 1. The monoisotopic (exact) mass is 433 g/mol. The normalized spacial score (nSPS) is 10.9. The standard InChI is InChI=1S/C23H23N5O2S/c1-14-5-4-6-17(12-14)20-26-23-28(27-20)18(13-31-23)9-10-24-21(29)22(30)25-19-8-7-15(2)11-16(19)3/h4-8,11-13H,9-10H2,1-3H3,(H,24,29)(H,25,30). The second-order valence-corrected chi connectivity index (χ2v) is 8.34. The molecule has 2 aromatic heterocycles. The molecule has 0 bridgehead atoms. The Morgan fingerprint density at radius 2 is 1.84 bits per heavy atom. The Labute approximate surface area is 184 Å². The fourth-order valence-electron chi connectivity index (χ4n) is 3.32. The van der Waals surface area contributed by atoms with Crippen molar-refractivity contribution < 1.29 is 9.59 Å². The Bertz CT molecular complexity index is 1270. The number of fused-ring (bicyclic) bond motifs is 1. The Hall–Kier alpha value is -3.52. The fourth-order valence-corrected chi connectivity index (χ4v) is 4.18. The number of aryl methyl sites for hydroxylation is 3. The average molecular weight is 434 g/mol. The molecule has 0 radical (unpaired) electrons. The number of carbonyl (C=O) groups is 2. The molecule has 0 aliphatic rings. The number of benzene rings is 2. The lowest BCUT2D eigenvalue weighted by Gasteiger charge is -2.09. The number of carbonyl (C=O) groups excluding carboxylic acids is 2. The topological polar surface area (TPSA) is 88.4 Å². The molecule has 2 amide bonds. The van der Waals surface area contributed by atoms with Crippen LogP contribution in [-0.4, -0.2) is 33.0 Å². The first-order valence-corrected chi connectivity index (χ1v) is 10.9. The molecule has 0 saturated carbocycles. The zero-order valence-electron chi connectivity index (χ0n) is 17.6. The number of nitrogens with zero attached hydrogens (tertiary/aromatic N) is 3. The number of amides is 2. The molecule has 0 unspecified atom stereocenters. The van der Waals surface area contributed by atoms with E-state index in [9.17, 15) is 9.59 Å². The summed E-state index contributed by atoms with van der Waals surface area (Å²) < 4.78 is 1.80. The highest BCUT2D eigenvalue weighted by Gasteiger charge is 2.16. The van der Waals surface area contributed by atoms with E-state index in [0.717, 1.165) is 32.9 Å². The van der Waals surface area contributed by atoms with E-state index in [2.05, 4.69) is 20.7 Å². The van der Waals surface area contributed by atoms with Crippen LogP contribution in [0.2, 0.25) is 0 Å². The zero-order chi connectivity index (χ0) is 22.0. The molecule has 0 atom stereocenters. The van der Waals surface area contributed by atoms with Crippen molar-refractivity contribution in [1.82, 2.24) is 19.9 Å². The van der Waals surface area contributed by atoms with Gasteiger partial charge < -0.3 is 10.6 Å². The van der Waals surface area contributed by atoms with Crippen molar-refractivity contribution in [3.05, 3.63) is 70.2 Å². The first-order valence-electron chi connectivity index (χ1n) is 9.97. The van der Waals surface area contributed by atoms with E-state index in [1.54, 1.807) is 10.6 Å². The van der Waals surface area contributed by atoms with Gasteiger partial charge in [0.2, 0.25) is 4.96 Å². The second kappa shape index (κ2) is 8.69. The lowest BCUT2D eigenvalue weighted by molar-refractivity contribution is -0.136. The van der Waals surface area contributed by atoms with Crippen molar-refractivity contribution >= 4 is 33.8 Å². The smallest absolute Gasteiger partial charge is 0.313 e. The average Bonchev–Trinajstić information content (AvgIpc) is 3.31. The molecular formula is C23H23N5O2S. The summed E-state index contributed by atoms with van der Waals surface area (Å²) in [5.74, 6) is -0.663. The molecule has 0 fully saturated rings. The third-order valence-electron chi connectivity index (χ3n) is 4.93. The summed E-state index contributed by atoms with van der Waals surface area (Å²) in [7, 11) is 0. The van der Waals surface area contributed by atoms with Crippen LogP contribution in [0.5, 0.6) is 0 Å². The molecule has 8 heteroatoms. The van der Waals surface area contributed by atoms with Crippen LogP contribution >= 0.6 is 11.3 Å². The van der Waals surface area contributed by atoms with E-state index >= 15 is 0 Å². The molecule has 2 N–H and O–H groups in total. The van der Waals surface area contributed by atoms with Crippen molar-refractivity contribution in [2.24, 2.45) is 0 Å². The van der Waals surface area contributed by atoms with Crippen molar-refractivity contribution in [2.45, 2.75) is 27.2 Å². The molecule has 31 heavy (non-hydrogen) atoms. The largest absolute Gasteiger partial charge is 0.347 e. The van der Waals surface area contributed by atoms with Gasteiger partial charge in [-0.25, -0.2) is 4.52 Å². The quantitative estimate of drug-likeness (QED) is 0.470. The molecular weight excluding hydrogens is 410 g/mol. The number of nitrogens with one attached hydrogen (secondary N) is 2. The predicted molar refractivity (Wildman–Crippen MR) is 122 cm³/mol. The van der Waals surface area contributed by atoms with Gasteiger partial charge in [0, 0.05) is 29.6 Å². The van der Waals surface area contributed by atoms with Gasteiger partial charge in [0.05, 0.1) is 5.69 Å². The molecule has 2 aromatic carbocycles. The molecule has 0 spiro atoms. The summed E-state index contributed by atoms with van der Waals surface area (Å²) in [6.07, 6.45) is 0.541. The SMILES string of the molecule is Cc1cccc(-c2nc3scc(CCNC(=O)C(=O)Nc4ccc(C)cc4C)n3n2)c1. The molecule has 0 aliphatic heterocycles. The summed E-state index contributed by atoms with van der Waals surface area (Å²) in [5, 5.41) is 11.9. The highest BCUT2D eigenvalue weighted by molar-refractivity contribution is 7.15. The fraction of sp³-hybridized carbons (Fsp3) is 0.217. The van der Waals surface area contributed by atoms with E-state index in [4.69, 9.17) is 0 Å². The molecule has 4 aromatic rings. The number of thiazole rings is 1. The van der Waals surface area contributed by atoms with E-state index in [1.165, 1.54) is 11.3 Å². The highest BCUT2D eigenvalue weighted by Crippen LogP contribution is 2.21. The Kier molecular flexibility index (Phi) is 5.81. The van der Waals surface area contributed by atoms with E-state index in [-0.39, 0.29) is 0 Å². The molecule has 4 rings (SSSR count). The molecule has 0 saturated heterocycles. The third-order valence-corrected chi connectivity index (χ3v) is 5.79. The lowest BCUT2D eigenvalue weighted by atomic mass is 10.1. The number of aromatic nitrogens is 3. The van der Waals surface area contributed by atoms with Crippen LogP contribution in [0.15, 0.2) is 47.8 Å². The lowest BCUT2D eigenvalue weighted by Crippen LogP contribution is -2.36. The summed E-state index contributed by atoms with van der Waals surface area (Å²) in [6.45, 7) is 6.23. The van der Waals surface area contributed by atoms with Crippen LogP contribution in [0, 0.1) is 20.8 Å². The first-order chi connectivity index (χ1) is 14.9. The Balaban J connectivity index is 1.37. The summed E-state index contributed by atoms with van der Waals surface area (Å²) in [5.41, 5.74) is 5.70. The van der Waals surface area contributed by atoms with E-state index in [0.29, 0.717) is 24.5 Å². The summed E-state index contributed by atoms with van der Waals surface area (Å²) in [6, 6.07) is 13.7. The minimum atomic E-state index is -0.676. The van der Waals surface area contributed by atoms with Crippen molar-refractivity contribution in [3.8, 4) is 11.4 Å². The third kappa shape index (κ3) is 4.64. The molecule has 7 nitrogen and oxygen atoms in total. The predicted octanol–water partition coefficient (Wildman–Crippen LogP) is 3.68. The van der Waals surface area contributed by atoms with Gasteiger partial charge in [-0.3, -0.25) is 9.59 Å². The molecule has 0 aliphatic carbocycles. The number of hydrogen-bond donors (Lipinski definition) is 2. The van der Waals surface area contributed by atoms with Gasteiger partial charge in [-0.15, -0.1) is 16.4 Å². The van der Waals surface area contributed by atoms with Gasteiger partial charge >= 0.3 is 11.8 Å². The number of rotatable bonds is 5. The van der Waals surface area contributed by atoms with Gasteiger partial charge in [0.25, 0.3) is 0 Å². The van der Waals surface area contributed by atoms with E-state index in [1.807, 2.05) is 62.5 Å². The van der Waals surface area contributed by atoms with Crippen molar-refractivity contribution in [1.29, 1.82) is 0 Å². The maximum atomic E-state index is 12.2. The summed E-state index contributed by atoms with van der Waals surface area (Å²) in [4.78, 5) is 29.8. The van der Waals surface area contributed by atoms with Gasteiger partial charge in [-0.1, -0.05) is 41.5 Å². The number of hydrogen-bond acceptors (Lipinski definition) is 5. The van der Waals surface area contributed by atoms with Gasteiger partial charge in [-0.2, -0.15) is 4.98 Å². The van der Waals surface area contributed by atoms with Crippen LogP contribution in [0.3, 0.4) is 0 Å². The molecule has 158 valence electrons. The van der Waals surface area contributed by atoms with Crippen molar-refractivity contribution in [3.63, 3.8) is 0 Å². The van der Waals surface area contributed by atoms with Crippen LogP contribution in [-0.2, 0) is 16.0 Å². The van der Waals surface area contributed by atoms with E-state index < -0.39 is 11.8 Å². The van der Waals surface area contributed by atoms with Crippen LogP contribution < -0.4 is 10.6 Å². The van der Waals surface area contributed by atoms with Crippen LogP contribution in [0.1, 0.15) is 22.4 Å². The maximum Gasteiger partial charge on any atom is 0.313 e.